The van der Waals surface area contributed by atoms with Gasteiger partial charge in [-0.1, -0.05) is 13.8 Å². The van der Waals surface area contributed by atoms with Crippen molar-refractivity contribution in [1.82, 2.24) is 4.98 Å². The molecule has 0 saturated carbocycles. The van der Waals surface area contributed by atoms with Gasteiger partial charge in [0, 0.05) is 36.6 Å². The van der Waals surface area contributed by atoms with E-state index in [0.29, 0.717) is 17.0 Å². The lowest BCUT2D eigenvalue weighted by molar-refractivity contribution is 0.0988. The molecule has 0 radical (unpaired) electrons. The first-order valence-electron chi connectivity index (χ1n) is 9.47. The lowest BCUT2D eigenvalue weighted by Crippen LogP contribution is -2.21. The smallest absolute Gasteiger partial charge is 0.267 e. The van der Waals surface area contributed by atoms with Gasteiger partial charge in [0.1, 0.15) is 17.5 Å². The number of carbonyl (C=O) groups excluding carboxylic acids is 2. The van der Waals surface area contributed by atoms with Gasteiger partial charge in [-0.2, -0.15) is 5.26 Å². The molecule has 0 aliphatic carbocycles. The SMILES string of the molecule is CC(=O)c1ccc(C(N)=O)nc1.CC(C)C1CCN(c2ccc(C#N)c(O)c2)C1. The normalized spacial score (nSPS) is 15.4. The third-order valence-electron chi connectivity index (χ3n) is 5.06. The van der Waals surface area contributed by atoms with E-state index >= 15 is 0 Å². The Hall–Kier alpha value is -3.40. The summed E-state index contributed by atoms with van der Waals surface area (Å²) in [6.07, 6.45) is 2.54. The number of phenols is 1. The van der Waals surface area contributed by atoms with Crippen LogP contribution in [-0.4, -0.2) is 34.9 Å². The van der Waals surface area contributed by atoms with Crippen LogP contribution in [0, 0.1) is 23.2 Å². The number of benzene rings is 1. The molecule has 3 N–H and O–H groups in total. The fraction of sp³-hybridized carbons (Fsp3) is 0.364. The first-order chi connectivity index (χ1) is 13.7. The predicted octanol–water partition coefficient (Wildman–Crippen LogP) is 3.13. The molecule has 1 aliphatic heterocycles. The molecule has 2 heterocycles. The van der Waals surface area contributed by atoms with Crippen molar-refractivity contribution in [2.24, 2.45) is 17.6 Å². The summed E-state index contributed by atoms with van der Waals surface area (Å²) in [5.74, 6) is 0.835. The zero-order valence-electron chi connectivity index (χ0n) is 16.9. The minimum atomic E-state index is -0.592. The minimum Gasteiger partial charge on any atom is -0.506 e. The second kappa shape index (κ2) is 9.69. The molecule has 0 bridgehead atoms. The zero-order chi connectivity index (χ0) is 21.6. The quantitative estimate of drug-likeness (QED) is 0.769. The Kier molecular flexibility index (Phi) is 7.32. The molecular formula is C22H26N4O3. The zero-order valence-corrected chi connectivity index (χ0v) is 16.9. The Morgan fingerprint density at radius 3 is 2.48 bits per heavy atom. The molecule has 1 aromatic carbocycles. The number of pyridine rings is 1. The number of hydrogen-bond acceptors (Lipinski definition) is 6. The lowest BCUT2D eigenvalue weighted by atomic mass is 9.95. The number of amides is 1. The number of primary amides is 1. The molecule has 1 unspecified atom stereocenters. The molecule has 1 amide bonds. The molecule has 1 fully saturated rings. The van der Waals surface area contributed by atoms with E-state index in [1.165, 1.54) is 31.7 Å². The van der Waals surface area contributed by atoms with Crippen molar-refractivity contribution in [3.05, 3.63) is 53.3 Å². The Labute approximate surface area is 170 Å². The first kappa shape index (κ1) is 21.9. The summed E-state index contributed by atoms with van der Waals surface area (Å²) in [5, 5.41) is 18.4. The van der Waals surface area contributed by atoms with Crippen molar-refractivity contribution >= 4 is 17.4 Å². The first-order valence-corrected chi connectivity index (χ1v) is 9.47. The van der Waals surface area contributed by atoms with Gasteiger partial charge in [0.2, 0.25) is 0 Å². The average molecular weight is 394 g/mol. The van der Waals surface area contributed by atoms with Gasteiger partial charge in [0.05, 0.1) is 5.56 Å². The molecule has 2 aromatic rings. The summed E-state index contributed by atoms with van der Waals surface area (Å²) in [6, 6.07) is 10.2. The van der Waals surface area contributed by atoms with E-state index in [1.807, 2.05) is 12.1 Å². The maximum atomic E-state index is 10.8. The molecule has 3 rings (SSSR count). The molecule has 1 atom stereocenters. The highest BCUT2D eigenvalue weighted by atomic mass is 16.3. The van der Waals surface area contributed by atoms with E-state index in [9.17, 15) is 14.7 Å². The fourth-order valence-electron chi connectivity index (χ4n) is 3.13. The summed E-state index contributed by atoms with van der Waals surface area (Å²) in [6.45, 7) is 8.02. The van der Waals surface area contributed by atoms with Gasteiger partial charge in [-0.05, 0) is 49.4 Å². The molecule has 152 valence electrons. The van der Waals surface area contributed by atoms with Crippen LogP contribution < -0.4 is 10.6 Å². The van der Waals surface area contributed by atoms with Crippen molar-refractivity contribution in [2.45, 2.75) is 27.2 Å². The molecule has 7 heteroatoms. The van der Waals surface area contributed by atoms with Gasteiger partial charge in [0.15, 0.2) is 5.78 Å². The van der Waals surface area contributed by atoms with Crippen molar-refractivity contribution in [1.29, 1.82) is 5.26 Å². The van der Waals surface area contributed by atoms with Crippen LogP contribution in [0.3, 0.4) is 0 Å². The highest BCUT2D eigenvalue weighted by molar-refractivity contribution is 5.95. The van der Waals surface area contributed by atoms with Crippen molar-refractivity contribution in [3.8, 4) is 11.8 Å². The van der Waals surface area contributed by atoms with E-state index in [1.54, 1.807) is 12.1 Å². The van der Waals surface area contributed by atoms with Crippen molar-refractivity contribution in [2.75, 3.05) is 18.0 Å². The molecule has 1 aliphatic rings. The highest BCUT2D eigenvalue weighted by Gasteiger charge is 2.25. The van der Waals surface area contributed by atoms with Gasteiger partial charge >= 0.3 is 0 Å². The van der Waals surface area contributed by atoms with Gasteiger partial charge in [-0.3, -0.25) is 14.6 Å². The number of hydrogen-bond donors (Lipinski definition) is 2. The van der Waals surface area contributed by atoms with Gasteiger partial charge in [0.25, 0.3) is 5.91 Å². The Balaban J connectivity index is 0.000000221. The Morgan fingerprint density at radius 1 is 1.31 bits per heavy atom. The largest absolute Gasteiger partial charge is 0.506 e. The summed E-state index contributed by atoms with van der Waals surface area (Å²) in [5.41, 5.74) is 6.95. The molecule has 29 heavy (non-hydrogen) atoms. The number of phenolic OH excluding ortho intramolecular Hbond substituents is 1. The third-order valence-corrected chi connectivity index (χ3v) is 5.06. The number of anilines is 1. The van der Waals surface area contributed by atoms with Crippen LogP contribution in [0.4, 0.5) is 5.69 Å². The Morgan fingerprint density at radius 2 is 2.03 bits per heavy atom. The van der Waals surface area contributed by atoms with Crippen LogP contribution in [0.15, 0.2) is 36.5 Å². The topological polar surface area (TPSA) is 120 Å². The Bertz CT molecular complexity index is 884. The van der Waals surface area contributed by atoms with Crippen LogP contribution >= 0.6 is 0 Å². The van der Waals surface area contributed by atoms with Crippen molar-refractivity contribution in [3.63, 3.8) is 0 Å². The summed E-state index contributed by atoms with van der Waals surface area (Å²) >= 11 is 0. The number of nitriles is 1. The molecular weight excluding hydrogens is 368 g/mol. The monoisotopic (exact) mass is 394 g/mol. The van der Waals surface area contributed by atoms with E-state index in [0.717, 1.165) is 24.7 Å². The van der Waals surface area contributed by atoms with Crippen LogP contribution in [0.2, 0.25) is 0 Å². The number of aromatic nitrogens is 1. The van der Waals surface area contributed by atoms with Crippen LogP contribution in [0.5, 0.6) is 5.75 Å². The van der Waals surface area contributed by atoms with E-state index in [-0.39, 0.29) is 17.2 Å². The van der Waals surface area contributed by atoms with E-state index in [4.69, 9.17) is 11.0 Å². The number of carbonyl (C=O) groups is 2. The van der Waals surface area contributed by atoms with E-state index in [2.05, 4.69) is 23.7 Å². The second-order valence-electron chi connectivity index (χ2n) is 7.40. The molecule has 1 aromatic heterocycles. The average Bonchev–Trinajstić information content (AvgIpc) is 3.19. The number of ketones is 1. The highest BCUT2D eigenvalue weighted by Crippen LogP contribution is 2.31. The number of nitrogens with zero attached hydrogens (tertiary/aromatic N) is 3. The second-order valence-corrected chi connectivity index (χ2v) is 7.40. The molecule has 0 spiro atoms. The van der Waals surface area contributed by atoms with Crippen LogP contribution in [-0.2, 0) is 0 Å². The van der Waals surface area contributed by atoms with Gasteiger partial charge in [-0.25, -0.2) is 0 Å². The number of rotatable bonds is 4. The van der Waals surface area contributed by atoms with Gasteiger partial charge in [-0.15, -0.1) is 0 Å². The summed E-state index contributed by atoms with van der Waals surface area (Å²) in [4.78, 5) is 27.3. The van der Waals surface area contributed by atoms with E-state index < -0.39 is 5.91 Å². The maximum absolute atomic E-state index is 10.8. The van der Waals surface area contributed by atoms with Crippen molar-refractivity contribution < 1.29 is 14.7 Å². The number of Topliss-reactive ketones (excluding diaryl/α,β-unsaturated/α-hetero) is 1. The summed E-state index contributed by atoms with van der Waals surface area (Å²) < 4.78 is 0. The number of aromatic hydroxyl groups is 1. The molecule has 7 nitrogen and oxygen atoms in total. The third kappa shape index (κ3) is 5.79. The standard InChI is InChI=1S/C14H18N2O.C8H8N2O2/c1-10(2)12-5-6-16(9-12)13-4-3-11(8-15)14(17)7-13;1-5(11)6-2-3-7(8(9)12)10-4-6/h3-4,7,10,12,17H,5-6,9H2,1-2H3;2-4H,1H3,(H2,9,12). The summed E-state index contributed by atoms with van der Waals surface area (Å²) in [7, 11) is 0. The minimum absolute atomic E-state index is 0.0815. The fourth-order valence-corrected chi connectivity index (χ4v) is 3.13. The maximum Gasteiger partial charge on any atom is 0.267 e. The van der Waals surface area contributed by atoms with Gasteiger partial charge < -0.3 is 15.7 Å². The number of nitrogens with two attached hydrogens (primary N) is 1. The predicted molar refractivity (Wildman–Crippen MR) is 111 cm³/mol. The molecule has 1 saturated heterocycles. The lowest BCUT2D eigenvalue weighted by Gasteiger charge is -2.20. The van der Waals surface area contributed by atoms with Crippen LogP contribution in [0.1, 0.15) is 53.6 Å². The van der Waals surface area contributed by atoms with Crippen LogP contribution in [0.25, 0.3) is 0 Å².